The van der Waals surface area contributed by atoms with Gasteiger partial charge in [0.1, 0.15) is 0 Å². The molecular weight excluding hydrogens is 268 g/mol. The Morgan fingerprint density at radius 1 is 1.33 bits per heavy atom. The molecule has 1 saturated heterocycles. The van der Waals surface area contributed by atoms with Crippen LogP contribution in [-0.2, 0) is 0 Å². The number of urea groups is 1. The van der Waals surface area contributed by atoms with Gasteiger partial charge in [-0.3, -0.25) is 0 Å². The number of carbonyl (C=O) groups is 2. The van der Waals surface area contributed by atoms with E-state index in [9.17, 15) is 9.59 Å². The first-order chi connectivity index (χ1) is 10.1. The van der Waals surface area contributed by atoms with Gasteiger partial charge in [0.15, 0.2) is 0 Å². The summed E-state index contributed by atoms with van der Waals surface area (Å²) in [7, 11) is 0. The molecule has 1 aromatic rings. The molecule has 0 bridgehead atoms. The molecule has 1 unspecified atom stereocenters. The fourth-order valence-corrected chi connectivity index (χ4v) is 2.71. The fraction of sp³-hybridized carbons (Fsp3) is 0.500. The minimum absolute atomic E-state index is 0.144. The molecule has 1 aliphatic heterocycles. The first-order valence-electron chi connectivity index (χ1n) is 7.49. The van der Waals surface area contributed by atoms with Gasteiger partial charge in [0.2, 0.25) is 0 Å². The number of rotatable bonds is 3. The Morgan fingerprint density at radius 2 is 2.14 bits per heavy atom. The first kappa shape index (κ1) is 15.4. The average molecular weight is 290 g/mol. The number of benzene rings is 1. The Hall–Kier alpha value is -2.04. The van der Waals surface area contributed by atoms with Gasteiger partial charge in [-0.1, -0.05) is 19.4 Å². The number of hydrogen-bond acceptors (Lipinski definition) is 2. The van der Waals surface area contributed by atoms with Crippen LogP contribution in [0.15, 0.2) is 24.3 Å². The molecule has 0 aliphatic carbocycles. The summed E-state index contributed by atoms with van der Waals surface area (Å²) in [6, 6.07) is 6.18. The highest BCUT2D eigenvalue weighted by Crippen LogP contribution is 2.21. The average Bonchev–Trinajstić information content (AvgIpc) is 2.73. The van der Waals surface area contributed by atoms with E-state index in [0.717, 1.165) is 32.4 Å². The van der Waals surface area contributed by atoms with Crippen molar-refractivity contribution in [1.29, 1.82) is 0 Å². The summed E-state index contributed by atoms with van der Waals surface area (Å²) in [6.07, 6.45) is 4.41. The fourth-order valence-electron chi connectivity index (χ4n) is 2.71. The molecule has 5 heteroatoms. The van der Waals surface area contributed by atoms with Crippen molar-refractivity contribution in [3.63, 3.8) is 0 Å². The van der Waals surface area contributed by atoms with Crippen LogP contribution in [0.4, 0.5) is 10.5 Å². The van der Waals surface area contributed by atoms with Crippen LogP contribution < -0.4 is 5.32 Å². The summed E-state index contributed by atoms with van der Waals surface area (Å²) in [6.45, 7) is 3.72. The molecule has 2 rings (SSSR count). The molecule has 2 N–H and O–H groups in total. The Balaban J connectivity index is 1.97. The van der Waals surface area contributed by atoms with Crippen molar-refractivity contribution in [2.45, 2.75) is 32.6 Å². The predicted octanol–water partition coefficient (Wildman–Crippen LogP) is 3.43. The van der Waals surface area contributed by atoms with Crippen molar-refractivity contribution in [3.05, 3.63) is 29.8 Å². The number of nitrogens with zero attached hydrogens (tertiary/aromatic N) is 1. The summed E-state index contributed by atoms with van der Waals surface area (Å²) in [5.74, 6) is -0.287. The number of nitrogens with one attached hydrogen (secondary N) is 1. The standard InChI is InChI=1S/C16H22N2O3/c1-2-12-5-4-9-18(10-8-12)16(21)17-14-7-3-6-13(11-14)15(19)20/h3,6-7,11-12H,2,4-5,8-10H2,1H3,(H,17,21)(H,19,20). The quantitative estimate of drug-likeness (QED) is 0.896. The zero-order chi connectivity index (χ0) is 15.2. The van der Waals surface area contributed by atoms with Crippen LogP contribution in [0.2, 0.25) is 0 Å². The monoisotopic (exact) mass is 290 g/mol. The van der Waals surface area contributed by atoms with Crippen molar-refractivity contribution in [2.24, 2.45) is 5.92 Å². The summed E-state index contributed by atoms with van der Waals surface area (Å²) in [5, 5.41) is 11.8. The van der Waals surface area contributed by atoms with Crippen LogP contribution in [0.1, 0.15) is 43.0 Å². The SMILES string of the molecule is CCC1CCCN(C(=O)Nc2cccc(C(=O)O)c2)CC1. The van der Waals surface area contributed by atoms with Crippen molar-refractivity contribution in [3.8, 4) is 0 Å². The van der Waals surface area contributed by atoms with E-state index in [1.165, 1.54) is 18.6 Å². The maximum atomic E-state index is 12.3. The van der Waals surface area contributed by atoms with Gasteiger partial charge in [0.05, 0.1) is 5.56 Å². The van der Waals surface area contributed by atoms with Crippen LogP contribution in [0.25, 0.3) is 0 Å². The molecule has 1 aromatic carbocycles. The van der Waals surface area contributed by atoms with Crippen LogP contribution in [-0.4, -0.2) is 35.1 Å². The molecule has 21 heavy (non-hydrogen) atoms. The highest BCUT2D eigenvalue weighted by molar-refractivity contribution is 5.93. The van der Waals surface area contributed by atoms with Gasteiger partial charge in [0, 0.05) is 18.8 Å². The minimum atomic E-state index is -0.994. The normalized spacial score (nSPS) is 18.9. The van der Waals surface area contributed by atoms with E-state index < -0.39 is 5.97 Å². The lowest BCUT2D eigenvalue weighted by molar-refractivity contribution is 0.0697. The van der Waals surface area contributed by atoms with E-state index >= 15 is 0 Å². The molecule has 1 heterocycles. The molecule has 1 aliphatic rings. The zero-order valence-corrected chi connectivity index (χ0v) is 12.3. The topological polar surface area (TPSA) is 69.6 Å². The highest BCUT2D eigenvalue weighted by atomic mass is 16.4. The Morgan fingerprint density at radius 3 is 2.86 bits per heavy atom. The third kappa shape index (κ3) is 4.21. The zero-order valence-electron chi connectivity index (χ0n) is 12.3. The van der Waals surface area contributed by atoms with Crippen molar-refractivity contribution in [1.82, 2.24) is 4.90 Å². The van der Waals surface area contributed by atoms with Gasteiger partial charge >= 0.3 is 12.0 Å². The second-order valence-electron chi connectivity index (χ2n) is 5.51. The molecule has 0 saturated carbocycles. The van der Waals surface area contributed by atoms with E-state index in [-0.39, 0.29) is 11.6 Å². The molecule has 0 radical (unpaired) electrons. The Kier molecular flexibility index (Phi) is 5.20. The number of aromatic carboxylic acids is 1. The molecule has 1 atom stereocenters. The lowest BCUT2D eigenvalue weighted by atomic mass is 9.98. The number of hydrogen-bond donors (Lipinski definition) is 2. The number of anilines is 1. The summed E-state index contributed by atoms with van der Waals surface area (Å²) >= 11 is 0. The number of carbonyl (C=O) groups excluding carboxylic acids is 1. The van der Waals surface area contributed by atoms with Crippen LogP contribution in [0.5, 0.6) is 0 Å². The maximum absolute atomic E-state index is 12.3. The van der Waals surface area contributed by atoms with Crippen LogP contribution in [0.3, 0.4) is 0 Å². The van der Waals surface area contributed by atoms with Gasteiger partial charge in [-0.15, -0.1) is 0 Å². The number of amides is 2. The largest absolute Gasteiger partial charge is 0.478 e. The van der Waals surface area contributed by atoms with Crippen LogP contribution >= 0.6 is 0 Å². The van der Waals surface area contributed by atoms with E-state index in [0.29, 0.717) is 11.6 Å². The van der Waals surface area contributed by atoms with Crippen molar-refractivity contribution in [2.75, 3.05) is 18.4 Å². The first-order valence-corrected chi connectivity index (χ1v) is 7.49. The molecule has 0 aromatic heterocycles. The van der Waals surface area contributed by atoms with E-state index in [1.54, 1.807) is 12.1 Å². The smallest absolute Gasteiger partial charge is 0.335 e. The van der Waals surface area contributed by atoms with Crippen LogP contribution in [0, 0.1) is 5.92 Å². The van der Waals surface area contributed by atoms with Gasteiger partial charge in [-0.25, -0.2) is 9.59 Å². The third-order valence-corrected chi connectivity index (χ3v) is 4.07. The summed E-state index contributed by atoms with van der Waals surface area (Å²) in [4.78, 5) is 25.0. The van der Waals surface area contributed by atoms with E-state index in [4.69, 9.17) is 5.11 Å². The molecule has 114 valence electrons. The minimum Gasteiger partial charge on any atom is -0.478 e. The van der Waals surface area contributed by atoms with Crippen molar-refractivity contribution >= 4 is 17.7 Å². The molecule has 0 spiro atoms. The lowest BCUT2D eigenvalue weighted by Gasteiger charge is -2.21. The number of carboxylic acids is 1. The summed E-state index contributed by atoms with van der Waals surface area (Å²) in [5.41, 5.74) is 0.700. The maximum Gasteiger partial charge on any atom is 0.335 e. The third-order valence-electron chi connectivity index (χ3n) is 4.07. The summed E-state index contributed by atoms with van der Waals surface area (Å²) < 4.78 is 0. The molecule has 2 amide bonds. The lowest BCUT2D eigenvalue weighted by Crippen LogP contribution is -2.35. The molecule has 5 nitrogen and oxygen atoms in total. The van der Waals surface area contributed by atoms with Gasteiger partial charge in [-0.05, 0) is 43.4 Å². The number of carboxylic acid groups (broad SMARTS) is 1. The van der Waals surface area contributed by atoms with Gasteiger partial charge in [0.25, 0.3) is 0 Å². The molecular formula is C16H22N2O3. The van der Waals surface area contributed by atoms with Gasteiger partial charge < -0.3 is 15.3 Å². The molecule has 1 fully saturated rings. The van der Waals surface area contributed by atoms with E-state index in [1.807, 2.05) is 4.90 Å². The van der Waals surface area contributed by atoms with Crippen molar-refractivity contribution < 1.29 is 14.7 Å². The second-order valence-corrected chi connectivity index (χ2v) is 5.51. The number of likely N-dealkylation sites (tertiary alicyclic amines) is 1. The Labute approximate surface area is 125 Å². The van der Waals surface area contributed by atoms with Gasteiger partial charge in [-0.2, -0.15) is 0 Å². The Bertz CT molecular complexity index is 516. The van der Waals surface area contributed by atoms with E-state index in [2.05, 4.69) is 12.2 Å². The highest BCUT2D eigenvalue weighted by Gasteiger charge is 2.19. The second kappa shape index (κ2) is 7.11. The predicted molar refractivity (Wildman–Crippen MR) is 81.6 cm³/mol.